The van der Waals surface area contributed by atoms with Crippen molar-refractivity contribution in [3.8, 4) is 17.3 Å². The topological polar surface area (TPSA) is 199 Å². The van der Waals surface area contributed by atoms with Crippen molar-refractivity contribution >= 4 is 41.6 Å². The second-order valence-corrected chi connectivity index (χ2v) is 11.9. The summed E-state index contributed by atoms with van der Waals surface area (Å²) in [6, 6.07) is 6.42. The number of urea groups is 1. The molecular formula is C29H30ClF3N10O5. The first-order chi connectivity index (χ1) is 22.8. The molecule has 2 bridgehead atoms. The van der Waals surface area contributed by atoms with Crippen molar-refractivity contribution in [2.24, 2.45) is 7.05 Å². The number of hydrogen-bond acceptors (Lipinski definition) is 8. The van der Waals surface area contributed by atoms with E-state index < -0.39 is 23.7 Å². The molecule has 3 aromatic rings. The number of carbonyl (C=O) groups is 4. The minimum atomic E-state index is -4.80. The Morgan fingerprint density at radius 1 is 1.19 bits per heavy atom. The van der Waals surface area contributed by atoms with Crippen LogP contribution in [0.25, 0.3) is 11.3 Å². The van der Waals surface area contributed by atoms with Gasteiger partial charge in [-0.3, -0.25) is 19.1 Å². The lowest BCUT2D eigenvalue weighted by Gasteiger charge is -2.38. The van der Waals surface area contributed by atoms with Crippen LogP contribution in [0.15, 0.2) is 30.6 Å². The molecule has 1 aliphatic carbocycles. The van der Waals surface area contributed by atoms with Crippen LogP contribution in [0.1, 0.15) is 45.9 Å². The first kappa shape index (κ1) is 34.2. The Bertz CT molecular complexity index is 1760. The monoisotopic (exact) mass is 690 g/mol. The molecule has 2 aromatic heterocycles. The van der Waals surface area contributed by atoms with Crippen molar-refractivity contribution in [3.63, 3.8) is 0 Å². The minimum absolute atomic E-state index is 0.0247. The van der Waals surface area contributed by atoms with Crippen LogP contribution >= 0.6 is 11.6 Å². The van der Waals surface area contributed by atoms with Gasteiger partial charge in [0.25, 0.3) is 18.3 Å². The van der Waals surface area contributed by atoms with E-state index in [1.807, 2.05) is 4.90 Å². The summed E-state index contributed by atoms with van der Waals surface area (Å²) in [4.78, 5) is 52.7. The lowest BCUT2D eigenvalue weighted by atomic mass is 9.86. The van der Waals surface area contributed by atoms with Crippen LogP contribution in [0.5, 0.6) is 0 Å². The van der Waals surface area contributed by atoms with Gasteiger partial charge < -0.3 is 35.8 Å². The summed E-state index contributed by atoms with van der Waals surface area (Å²) in [5, 5.41) is 31.2. The first-order valence-corrected chi connectivity index (χ1v) is 15.0. The minimum Gasteiger partial charge on any atom is -0.483 e. The third-order valence-electron chi connectivity index (χ3n) is 8.32. The quantitative estimate of drug-likeness (QED) is 0.231. The summed E-state index contributed by atoms with van der Waals surface area (Å²) >= 11 is 6.36. The summed E-state index contributed by atoms with van der Waals surface area (Å²) in [7, 11) is 1.38. The first-order valence-electron chi connectivity index (χ1n) is 14.7. The molecule has 3 fully saturated rings. The van der Waals surface area contributed by atoms with Crippen LogP contribution < -0.4 is 21.3 Å². The van der Waals surface area contributed by atoms with Gasteiger partial charge in [-0.1, -0.05) is 11.6 Å². The highest BCUT2D eigenvalue weighted by molar-refractivity contribution is 6.34. The number of benzene rings is 1. The van der Waals surface area contributed by atoms with Crippen molar-refractivity contribution in [3.05, 3.63) is 52.7 Å². The standard InChI is InChI=1S/C28H28ClF3N10O3.CH2O2/c1-40-22(20-13-41(5-4-33)39-23(20)28(30,31)32)11-35-24(40)26(44)36-14-2-3-19(21(29)9-14)25(43)37-15-6-16(7-15)38-27(45)42-12-17-8-18(42)10-34-17;2-1-3/h2-3,9,11,13,15-18,34H,5-8,10,12H2,1H3,(H,36,44)(H,37,43)(H,38,45);1H,(H,2,3). The van der Waals surface area contributed by atoms with E-state index in [9.17, 15) is 27.6 Å². The van der Waals surface area contributed by atoms with Crippen LogP contribution in [-0.2, 0) is 24.6 Å². The highest BCUT2D eigenvalue weighted by Crippen LogP contribution is 2.36. The number of fused-ring (bicyclic) bond motifs is 2. The highest BCUT2D eigenvalue weighted by Gasteiger charge is 2.42. The number of aromatic nitrogens is 4. The lowest BCUT2D eigenvalue weighted by molar-refractivity contribution is -0.141. The molecule has 2 atom stereocenters. The molecule has 2 unspecified atom stereocenters. The molecule has 254 valence electrons. The van der Waals surface area contributed by atoms with Crippen molar-refractivity contribution in [2.75, 3.05) is 18.4 Å². The van der Waals surface area contributed by atoms with Gasteiger partial charge in [-0.25, -0.2) is 9.78 Å². The number of amides is 4. The van der Waals surface area contributed by atoms with Crippen LogP contribution in [0.4, 0.5) is 23.7 Å². The van der Waals surface area contributed by atoms with Gasteiger partial charge >= 0.3 is 12.2 Å². The Morgan fingerprint density at radius 3 is 2.50 bits per heavy atom. The SMILES string of the molecule is Cn1c(-c2cn(CC#N)nc2C(F)(F)F)cnc1C(=O)Nc1ccc(C(=O)NC2CC(NC(=O)N3CC4CC3CN4)C2)c(Cl)c1.O=CO. The predicted molar refractivity (Wildman–Crippen MR) is 163 cm³/mol. The molecule has 5 N–H and O–H groups in total. The Labute approximate surface area is 276 Å². The molecule has 1 saturated carbocycles. The molecule has 6 rings (SSSR count). The number of nitriles is 1. The zero-order chi connectivity index (χ0) is 34.7. The fourth-order valence-electron chi connectivity index (χ4n) is 5.99. The second-order valence-electron chi connectivity index (χ2n) is 11.5. The summed E-state index contributed by atoms with van der Waals surface area (Å²) in [5.41, 5.74) is -1.14. The zero-order valence-electron chi connectivity index (χ0n) is 25.3. The van der Waals surface area contributed by atoms with Crippen molar-refractivity contribution in [1.82, 2.24) is 40.2 Å². The molecule has 0 spiro atoms. The third kappa shape index (κ3) is 7.21. The molecule has 1 aromatic carbocycles. The Kier molecular flexibility index (Phi) is 9.91. The molecule has 19 heteroatoms. The molecule has 3 aliphatic rings. The Balaban J connectivity index is 0.00000145. The summed E-state index contributed by atoms with van der Waals surface area (Å²) < 4.78 is 42.9. The zero-order valence-corrected chi connectivity index (χ0v) is 26.0. The van der Waals surface area contributed by atoms with Crippen LogP contribution in [0.2, 0.25) is 5.02 Å². The normalized spacial score (nSPS) is 21.0. The maximum atomic E-state index is 13.6. The second kappa shape index (κ2) is 13.9. The number of alkyl halides is 3. The fourth-order valence-corrected chi connectivity index (χ4v) is 6.26. The van der Waals surface area contributed by atoms with Gasteiger partial charge in [0.1, 0.15) is 6.54 Å². The summed E-state index contributed by atoms with van der Waals surface area (Å²) in [5.74, 6) is -1.32. The van der Waals surface area contributed by atoms with Gasteiger partial charge in [0.15, 0.2) is 11.5 Å². The van der Waals surface area contributed by atoms with Crippen molar-refractivity contribution < 1.29 is 37.5 Å². The third-order valence-corrected chi connectivity index (χ3v) is 8.63. The number of likely N-dealkylation sites (tertiary alicyclic amines) is 1. The van der Waals surface area contributed by atoms with E-state index in [1.165, 1.54) is 29.8 Å². The molecule has 2 saturated heterocycles. The van der Waals surface area contributed by atoms with Crippen LogP contribution in [0, 0.1) is 11.3 Å². The predicted octanol–water partition coefficient (Wildman–Crippen LogP) is 2.45. The fraction of sp³-hybridized carbons (Fsp3) is 0.414. The number of halogens is 4. The van der Waals surface area contributed by atoms with E-state index in [0.29, 0.717) is 25.4 Å². The summed E-state index contributed by atoms with van der Waals surface area (Å²) in [6.07, 6.45) is -0.438. The van der Waals surface area contributed by atoms with Gasteiger partial charge in [0, 0.05) is 56.2 Å². The smallest absolute Gasteiger partial charge is 0.435 e. The highest BCUT2D eigenvalue weighted by atomic mass is 35.5. The number of nitrogens with zero attached hydrogens (tertiary/aromatic N) is 6. The number of carbonyl (C=O) groups excluding carboxylic acids is 3. The molecular weight excluding hydrogens is 661 g/mol. The van der Waals surface area contributed by atoms with E-state index >= 15 is 0 Å². The largest absolute Gasteiger partial charge is 0.483 e. The van der Waals surface area contributed by atoms with E-state index in [0.717, 1.165) is 30.0 Å². The van der Waals surface area contributed by atoms with Crippen molar-refractivity contribution in [1.29, 1.82) is 5.26 Å². The van der Waals surface area contributed by atoms with E-state index in [2.05, 4.69) is 31.3 Å². The maximum Gasteiger partial charge on any atom is 0.435 e. The number of anilines is 1. The maximum absolute atomic E-state index is 13.6. The van der Waals surface area contributed by atoms with E-state index in [4.69, 9.17) is 26.8 Å². The Morgan fingerprint density at radius 2 is 1.90 bits per heavy atom. The number of imidazole rings is 1. The molecule has 48 heavy (non-hydrogen) atoms. The lowest BCUT2D eigenvalue weighted by Crippen LogP contribution is -2.58. The average Bonchev–Trinajstić information content (AvgIpc) is 3.80. The number of carboxylic acid groups (broad SMARTS) is 1. The van der Waals surface area contributed by atoms with Crippen LogP contribution in [-0.4, -0.2) is 90.9 Å². The van der Waals surface area contributed by atoms with Gasteiger partial charge in [0.05, 0.1) is 34.1 Å². The molecule has 2 aliphatic heterocycles. The molecule has 15 nitrogen and oxygen atoms in total. The van der Waals surface area contributed by atoms with E-state index in [1.54, 1.807) is 6.07 Å². The number of hydrogen-bond donors (Lipinski definition) is 5. The Hall–Kier alpha value is -5.15. The number of nitrogens with one attached hydrogen (secondary N) is 4. The van der Waals surface area contributed by atoms with Gasteiger partial charge in [0.2, 0.25) is 0 Å². The summed E-state index contributed by atoms with van der Waals surface area (Å²) in [6.45, 7) is 0.888. The number of piperazine rings is 1. The molecule has 0 radical (unpaired) electrons. The van der Waals surface area contributed by atoms with Crippen LogP contribution in [0.3, 0.4) is 0 Å². The average molecular weight is 691 g/mol. The molecule has 4 amide bonds. The van der Waals surface area contributed by atoms with E-state index in [-0.39, 0.29) is 70.5 Å². The van der Waals surface area contributed by atoms with Gasteiger partial charge in [-0.2, -0.15) is 23.5 Å². The van der Waals surface area contributed by atoms with Gasteiger partial charge in [-0.15, -0.1) is 0 Å². The number of rotatable bonds is 7. The van der Waals surface area contributed by atoms with Gasteiger partial charge in [-0.05, 0) is 37.5 Å². The van der Waals surface area contributed by atoms with Crippen molar-refractivity contribution in [2.45, 2.75) is 56.2 Å². The molecule has 4 heterocycles.